The molecule has 0 radical (unpaired) electrons. The van der Waals surface area contributed by atoms with Crippen LogP contribution in [0.4, 0.5) is 0 Å². The van der Waals surface area contributed by atoms with Gasteiger partial charge in [0, 0.05) is 22.2 Å². The van der Waals surface area contributed by atoms with Gasteiger partial charge in [0.05, 0.1) is 7.11 Å². The molecule has 3 aromatic rings. The zero-order valence-electron chi connectivity index (χ0n) is 15.8. The molecule has 0 unspecified atom stereocenters. The molecule has 146 valence electrons. The van der Waals surface area contributed by atoms with E-state index < -0.39 is 0 Å². The number of rotatable bonds is 9. The average molecular weight is 416 g/mol. The molecule has 0 saturated heterocycles. The molecule has 0 heterocycles. The standard InChI is InChI=1S/C23H23Cl2NO2/c1-27-21-9-5-17(6-10-21)11-12-26-15-18-3-2-4-22(13-18)28-16-19-7-8-20(24)14-23(19)25/h2-10,13-14,26H,11-12,15-16H2,1H3. The Hall–Kier alpha value is -2.20. The molecule has 3 aromatic carbocycles. The first-order valence-corrected chi connectivity index (χ1v) is 9.89. The van der Waals surface area contributed by atoms with Crippen molar-refractivity contribution >= 4 is 23.2 Å². The Labute approximate surface area is 176 Å². The lowest BCUT2D eigenvalue weighted by atomic mass is 10.1. The average Bonchev–Trinajstić information content (AvgIpc) is 2.71. The maximum atomic E-state index is 6.20. The van der Waals surface area contributed by atoms with E-state index in [1.54, 1.807) is 13.2 Å². The van der Waals surface area contributed by atoms with Crippen molar-refractivity contribution in [3.63, 3.8) is 0 Å². The van der Waals surface area contributed by atoms with Gasteiger partial charge in [-0.2, -0.15) is 0 Å². The summed E-state index contributed by atoms with van der Waals surface area (Å²) in [7, 11) is 1.68. The maximum Gasteiger partial charge on any atom is 0.120 e. The summed E-state index contributed by atoms with van der Waals surface area (Å²) >= 11 is 12.1. The SMILES string of the molecule is COc1ccc(CCNCc2cccc(OCc3ccc(Cl)cc3Cl)c2)cc1. The Balaban J connectivity index is 1.46. The Morgan fingerprint density at radius 1 is 0.857 bits per heavy atom. The van der Waals surface area contributed by atoms with Crippen LogP contribution in [0, 0.1) is 0 Å². The zero-order valence-corrected chi connectivity index (χ0v) is 17.3. The van der Waals surface area contributed by atoms with E-state index in [2.05, 4.69) is 23.5 Å². The third-order valence-corrected chi connectivity index (χ3v) is 4.97. The lowest BCUT2D eigenvalue weighted by Crippen LogP contribution is -2.16. The van der Waals surface area contributed by atoms with E-state index in [1.807, 2.05) is 42.5 Å². The molecule has 1 N–H and O–H groups in total. The molecule has 0 aromatic heterocycles. The van der Waals surface area contributed by atoms with Crippen molar-refractivity contribution in [2.45, 2.75) is 19.6 Å². The summed E-state index contributed by atoms with van der Waals surface area (Å²) in [5, 5.41) is 4.71. The Morgan fingerprint density at radius 2 is 1.68 bits per heavy atom. The summed E-state index contributed by atoms with van der Waals surface area (Å²) in [6, 6.07) is 21.7. The lowest BCUT2D eigenvalue weighted by Gasteiger charge is -2.10. The number of hydrogen-bond acceptors (Lipinski definition) is 3. The van der Waals surface area contributed by atoms with Crippen LogP contribution in [0.1, 0.15) is 16.7 Å². The first-order chi connectivity index (χ1) is 13.6. The monoisotopic (exact) mass is 415 g/mol. The van der Waals surface area contributed by atoms with E-state index in [-0.39, 0.29) is 0 Å². The second-order valence-corrected chi connectivity index (χ2v) is 7.29. The van der Waals surface area contributed by atoms with Crippen molar-refractivity contribution in [2.75, 3.05) is 13.7 Å². The molecular weight excluding hydrogens is 393 g/mol. The highest BCUT2D eigenvalue weighted by Crippen LogP contribution is 2.23. The summed E-state index contributed by atoms with van der Waals surface area (Å²) in [4.78, 5) is 0. The molecular formula is C23H23Cl2NO2. The van der Waals surface area contributed by atoms with Gasteiger partial charge in [-0.25, -0.2) is 0 Å². The van der Waals surface area contributed by atoms with Crippen LogP contribution in [0.2, 0.25) is 10.0 Å². The van der Waals surface area contributed by atoms with Gasteiger partial charge >= 0.3 is 0 Å². The molecule has 0 atom stereocenters. The van der Waals surface area contributed by atoms with E-state index in [4.69, 9.17) is 32.7 Å². The number of halogens is 2. The first-order valence-electron chi connectivity index (χ1n) is 9.13. The Kier molecular flexibility index (Phi) is 7.61. The largest absolute Gasteiger partial charge is 0.497 e. The number of nitrogens with one attached hydrogen (secondary N) is 1. The third-order valence-electron chi connectivity index (χ3n) is 4.39. The van der Waals surface area contributed by atoms with Crippen LogP contribution in [-0.2, 0) is 19.6 Å². The van der Waals surface area contributed by atoms with Gasteiger partial charge in [-0.3, -0.25) is 0 Å². The molecule has 0 amide bonds. The van der Waals surface area contributed by atoms with Crippen molar-refractivity contribution in [1.82, 2.24) is 5.32 Å². The van der Waals surface area contributed by atoms with Crippen molar-refractivity contribution in [3.8, 4) is 11.5 Å². The van der Waals surface area contributed by atoms with Crippen molar-refractivity contribution in [2.24, 2.45) is 0 Å². The van der Waals surface area contributed by atoms with Gasteiger partial charge in [0.15, 0.2) is 0 Å². The van der Waals surface area contributed by atoms with Crippen LogP contribution < -0.4 is 14.8 Å². The van der Waals surface area contributed by atoms with Crippen molar-refractivity contribution in [3.05, 3.63) is 93.5 Å². The van der Waals surface area contributed by atoms with Crippen LogP contribution >= 0.6 is 23.2 Å². The quantitative estimate of drug-likeness (QED) is 0.440. The smallest absolute Gasteiger partial charge is 0.120 e. The third kappa shape index (κ3) is 6.16. The molecule has 5 heteroatoms. The molecule has 28 heavy (non-hydrogen) atoms. The number of hydrogen-bond donors (Lipinski definition) is 1. The number of benzene rings is 3. The molecule has 0 aliphatic heterocycles. The zero-order chi connectivity index (χ0) is 19.8. The van der Waals surface area contributed by atoms with Gasteiger partial charge in [-0.1, -0.05) is 53.5 Å². The van der Waals surface area contributed by atoms with Gasteiger partial charge in [-0.15, -0.1) is 0 Å². The first kappa shape index (κ1) is 20.5. The molecule has 3 rings (SSSR count). The lowest BCUT2D eigenvalue weighted by molar-refractivity contribution is 0.306. The van der Waals surface area contributed by atoms with Gasteiger partial charge in [0.1, 0.15) is 18.1 Å². The molecule has 0 bridgehead atoms. The molecule has 3 nitrogen and oxygen atoms in total. The second-order valence-electron chi connectivity index (χ2n) is 6.45. The van der Waals surface area contributed by atoms with Crippen molar-refractivity contribution < 1.29 is 9.47 Å². The normalized spacial score (nSPS) is 10.7. The molecule has 0 spiro atoms. The maximum absolute atomic E-state index is 6.20. The predicted octanol–water partition coefficient (Wildman–Crippen LogP) is 5.91. The predicted molar refractivity (Wildman–Crippen MR) is 116 cm³/mol. The topological polar surface area (TPSA) is 30.5 Å². The highest BCUT2D eigenvalue weighted by atomic mass is 35.5. The summed E-state index contributed by atoms with van der Waals surface area (Å²) in [6.45, 7) is 2.09. The Morgan fingerprint density at radius 3 is 2.43 bits per heavy atom. The number of methoxy groups -OCH3 is 1. The van der Waals surface area contributed by atoms with Gasteiger partial charge in [0.2, 0.25) is 0 Å². The van der Waals surface area contributed by atoms with E-state index in [0.717, 1.165) is 36.6 Å². The molecule has 0 fully saturated rings. The molecule has 0 saturated carbocycles. The Bertz CT molecular complexity index is 897. The summed E-state index contributed by atoms with van der Waals surface area (Å²) in [6.07, 6.45) is 0.968. The van der Waals surface area contributed by atoms with E-state index in [0.29, 0.717) is 16.7 Å². The van der Waals surface area contributed by atoms with Crippen molar-refractivity contribution in [1.29, 1.82) is 0 Å². The van der Waals surface area contributed by atoms with Crippen LogP contribution in [0.3, 0.4) is 0 Å². The van der Waals surface area contributed by atoms with E-state index in [1.165, 1.54) is 11.1 Å². The van der Waals surface area contributed by atoms with Crippen LogP contribution in [-0.4, -0.2) is 13.7 Å². The van der Waals surface area contributed by atoms with Crippen LogP contribution in [0.5, 0.6) is 11.5 Å². The van der Waals surface area contributed by atoms with E-state index in [9.17, 15) is 0 Å². The number of ether oxygens (including phenoxy) is 2. The fourth-order valence-electron chi connectivity index (χ4n) is 2.80. The molecule has 0 aliphatic rings. The highest BCUT2D eigenvalue weighted by molar-refractivity contribution is 6.35. The fraction of sp³-hybridized carbons (Fsp3) is 0.217. The van der Waals surface area contributed by atoms with Gasteiger partial charge in [0.25, 0.3) is 0 Å². The fourth-order valence-corrected chi connectivity index (χ4v) is 3.27. The van der Waals surface area contributed by atoms with Crippen LogP contribution in [0.15, 0.2) is 66.7 Å². The minimum atomic E-state index is 0.407. The van der Waals surface area contributed by atoms with Crippen LogP contribution in [0.25, 0.3) is 0 Å². The minimum Gasteiger partial charge on any atom is -0.497 e. The summed E-state index contributed by atoms with van der Waals surface area (Å²) in [5.74, 6) is 1.70. The van der Waals surface area contributed by atoms with E-state index >= 15 is 0 Å². The summed E-state index contributed by atoms with van der Waals surface area (Å²) in [5.41, 5.74) is 3.37. The second kappa shape index (κ2) is 10.4. The van der Waals surface area contributed by atoms with Gasteiger partial charge in [-0.05, 0) is 60.5 Å². The molecule has 0 aliphatic carbocycles. The highest BCUT2D eigenvalue weighted by Gasteiger charge is 2.03. The van der Waals surface area contributed by atoms with Gasteiger partial charge < -0.3 is 14.8 Å². The summed E-state index contributed by atoms with van der Waals surface area (Å²) < 4.78 is 11.1. The minimum absolute atomic E-state index is 0.407.